The summed E-state index contributed by atoms with van der Waals surface area (Å²) < 4.78 is 5.21. The van der Waals surface area contributed by atoms with Crippen LogP contribution in [0.1, 0.15) is 28.5 Å². The van der Waals surface area contributed by atoms with Crippen molar-refractivity contribution < 1.29 is 19.4 Å². The molecule has 2 aromatic carbocycles. The van der Waals surface area contributed by atoms with Gasteiger partial charge in [-0.25, -0.2) is 4.79 Å². The van der Waals surface area contributed by atoms with Gasteiger partial charge in [0, 0.05) is 49.7 Å². The molecular formula is C27H30N4O4. The highest BCUT2D eigenvalue weighted by atomic mass is 16.5. The summed E-state index contributed by atoms with van der Waals surface area (Å²) in [4.78, 5) is 32.2. The molecule has 2 N–H and O–H groups in total. The van der Waals surface area contributed by atoms with Gasteiger partial charge in [0.2, 0.25) is 0 Å². The van der Waals surface area contributed by atoms with Crippen LogP contribution in [0.3, 0.4) is 0 Å². The highest BCUT2D eigenvalue weighted by Gasteiger charge is 2.26. The number of aryl methyl sites for hydroxylation is 1. The summed E-state index contributed by atoms with van der Waals surface area (Å²) in [7, 11) is 1.63. The Balaban J connectivity index is 1.36. The molecule has 4 rings (SSSR count). The van der Waals surface area contributed by atoms with Crippen molar-refractivity contribution in [1.29, 1.82) is 0 Å². The Labute approximate surface area is 205 Å². The van der Waals surface area contributed by atoms with E-state index in [9.17, 15) is 14.7 Å². The minimum absolute atomic E-state index is 0.0355. The van der Waals surface area contributed by atoms with E-state index in [-0.39, 0.29) is 11.9 Å². The fourth-order valence-corrected chi connectivity index (χ4v) is 4.36. The van der Waals surface area contributed by atoms with Crippen LogP contribution in [0.2, 0.25) is 0 Å². The zero-order valence-corrected chi connectivity index (χ0v) is 20.2. The molecule has 35 heavy (non-hydrogen) atoms. The fourth-order valence-electron chi connectivity index (χ4n) is 4.36. The van der Waals surface area contributed by atoms with Crippen LogP contribution < -0.4 is 10.1 Å². The molecule has 0 spiro atoms. The zero-order valence-electron chi connectivity index (χ0n) is 20.2. The molecule has 0 bridgehead atoms. The van der Waals surface area contributed by atoms with Gasteiger partial charge in [0.05, 0.1) is 7.11 Å². The summed E-state index contributed by atoms with van der Waals surface area (Å²) in [6.45, 7) is 6.45. The largest absolute Gasteiger partial charge is 0.497 e. The number of hydrogen-bond acceptors (Lipinski definition) is 5. The Morgan fingerprint density at radius 3 is 2.40 bits per heavy atom. The Hall–Kier alpha value is -3.91. The number of ether oxygens (including phenoxy) is 1. The monoisotopic (exact) mass is 474 g/mol. The number of rotatable bonds is 6. The standard InChI is InChI=1S/C27H30N4O4/c1-18-14-22(21-6-10-24(35-3)11-7-21)15-28-25(18)26(32)29-23-8-4-20(5-9-23)17-30-12-13-31(27(33)34)19(2)16-30/h4-11,14-15,19H,12-13,16-17H2,1-3H3,(H,29,32)(H,33,34). The third kappa shape index (κ3) is 5.78. The van der Waals surface area contributed by atoms with Crippen molar-refractivity contribution in [2.24, 2.45) is 0 Å². The van der Waals surface area contributed by atoms with Gasteiger partial charge < -0.3 is 20.1 Å². The molecule has 3 aromatic rings. The zero-order chi connectivity index (χ0) is 24.9. The Morgan fingerprint density at radius 2 is 1.80 bits per heavy atom. The van der Waals surface area contributed by atoms with Crippen LogP contribution in [-0.2, 0) is 6.54 Å². The molecule has 1 atom stereocenters. The number of aromatic nitrogens is 1. The third-order valence-electron chi connectivity index (χ3n) is 6.29. The first kappa shape index (κ1) is 24.2. The van der Waals surface area contributed by atoms with Crippen LogP contribution in [0.25, 0.3) is 11.1 Å². The predicted octanol–water partition coefficient (Wildman–Crippen LogP) is 4.50. The van der Waals surface area contributed by atoms with Gasteiger partial charge in [-0.2, -0.15) is 0 Å². The fraction of sp³-hybridized carbons (Fsp3) is 0.296. The molecule has 1 unspecified atom stereocenters. The maximum absolute atomic E-state index is 12.8. The molecule has 1 aliphatic heterocycles. The topological polar surface area (TPSA) is 95.0 Å². The van der Waals surface area contributed by atoms with Crippen LogP contribution in [0.4, 0.5) is 10.5 Å². The first-order valence-corrected chi connectivity index (χ1v) is 11.6. The normalized spacial score (nSPS) is 16.1. The van der Waals surface area contributed by atoms with E-state index >= 15 is 0 Å². The lowest BCUT2D eigenvalue weighted by atomic mass is 10.0. The summed E-state index contributed by atoms with van der Waals surface area (Å²) in [6, 6.07) is 17.4. The second-order valence-electron chi connectivity index (χ2n) is 8.83. The molecular weight excluding hydrogens is 444 g/mol. The van der Waals surface area contributed by atoms with Gasteiger partial charge in [0.25, 0.3) is 5.91 Å². The van der Waals surface area contributed by atoms with Crippen molar-refractivity contribution in [2.45, 2.75) is 26.4 Å². The summed E-state index contributed by atoms with van der Waals surface area (Å²) in [5.74, 6) is 0.533. The number of benzene rings is 2. The van der Waals surface area contributed by atoms with Crippen LogP contribution in [0.5, 0.6) is 5.75 Å². The first-order valence-electron chi connectivity index (χ1n) is 11.6. The number of nitrogens with one attached hydrogen (secondary N) is 1. The Morgan fingerprint density at radius 1 is 1.09 bits per heavy atom. The van der Waals surface area contributed by atoms with E-state index in [1.54, 1.807) is 13.3 Å². The van der Waals surface area contributed by atoms with Gasteiger partial charge in [-0.15, -0.1) is 0 Å². The molecule has 0 aliphatic carbocycles. The maximum atomic E-state index is 12.8. The minimum Gasteiger partial charge on any atom is -0.497 e. The molecule has 8 nitrogen and oxygen atoms in total. The van der Waals surface area contributed by atoms with E-state index in [0.717, 1.165) is 34.5 Å². The first-order chi connectivity index (χ1) is 16.8. The van der Waals surface area contributed by atoms with Crippen LogP contribution >= 0.6 is 0 Å². The van der Waals surface area contributed by atoms with Crippen LogP contribution in [0, 0.1) is 6.92 Å². The SMILES string of the molecule is COc1ccc(-c2cnc(C(=O)Nc3ccc(CN4CCN(C(=O)O)C(C)C4)cc3)c(C)c2)cc1. The van der Waals surface area contributed by atoms with Crippen molar-refractivity contribution in [1.82, 2.24) is 14.8 Å². The van der Waals surface area contributed by atoms with E-state index in [0.29, 0.717) is 31.0 Å². The number of piperazine rings is 1. The van der Waals surface area contributed by atoms with Crippen LogP contribution in [-0.4, -0.2) is 64.7 Å². The summed E-state index contributed by atoms with van der Waals surface area (Å²) in [5.41, 5.74) is 4.92. The van der Waals surface area contributed by atoms with E-state index in [1.807, 2.05) is 68.4 Å². The number of carboxylic acid groups (broad SMARTS) is 1. The van der Waals surface area contributed by atoms with Gasteiger partial charge in [-0.05, 0) is 60.9 Å². The number of carbonyl (C=O) groups is 2. The molecule has 1 aromatic heterocycles. The average molecular weight is 475 g/mol. The molecule has 2 amide bonds. The number of hydrogen-bond donors (Lipinski definition) is 2. The van der Waals surface area contributed by atoms with E-state index in [1.165, 1.54) is 4.90 Å². The molecule has 1 aliphatic rings. The smallest absolute Gasteiger partial charge is 0.407 e. The number of anilines is 1. The lowest BCUT2D eigenvalue weighted by Gasteiger charge is -2.38. The number of pyridine rings is 1. The number of amides is 2. The molecule has 8 heteroatoms. The average Bonchev–Trinajstić information content (AvgIpc) is 2.85. The van der Waals surface area contributed by atoms with Crippen molar-refractivity contribution in [3.8, 4) is 16.9 Å². The summed E-state index contributed by atoms with van der Waals surface area (Å²) in [5, 5.41) is 12.2. The van der Waals surface area contributed by atoms with Crippen molar-refractivity contribution in [3.05, 3.63) is 77.6 Å². The second kappa shape index (κ2) is 10.6. The van der Waals surface area contributed by atoms with Crippen molar-refractivity contribution >= 4 is 17.7 Å². The van der Waals surface area contributed by atoms with E-state index in [2.05, 4.69) is 15.2 Å². The van der Waals surface area contributed by atoms with E-state index < -0.39 is 6.09 Å². The molecule has 0 radical (unpaired) electrons. The van der Waals surface area contributed by atoms with Gasteiger partial charge >= 0.3 is 6.09 Å². The molecule has 1 saturated heterocycles. The molecule has 2 heterocycles. The molecule has 182 valence electrons. The van der Waals surface area contributed by atoms with Gasteiger partial charge in [-0.3, -0.25) is 14.7 Å². The van der Waals surface area contributed by atoms with Gasteiger partial charge in [0.1, 0.15) is 11.4 Å². The van der Waals surface area contributed by atoms with E-state index in [4.69, 9.17) is 4.74 Å². The van der Waals surface area contributed by atoms with Crippen LogP contribution in [0.15, 0.2) is 60.8 Å². The lowest BCUT2D eigenvalue weighted by Crippen LogP contribution is -2.53. The lowest BCUT2D eigenvalue weighted by molar-refractivity contribution is 0.0711. The Kier molecular flexibility index (Phi) is 7.31. The third-order valence-corrected chi connectivity index (χ3v) is 6.29. The highest BCUT2D eigenvalue weighted by molar-refractivity contribution is 6.04. The number of methoxy groups -OCH3 is 1. The molecule has 0 saturated carbocycles. The Bertz CT molecular complexity index is 1190. The van der Waals surface area contributed by atoms with Crippen molar-refractivity contribution in [3.63, 3.8) is 0 Å². The highest BCUT2D eigenvalue weighted by Crippen LogP contribution is 2.24. The quantitative estimate of drug-likeness (QED) is 0.546. The van der Waals surface area contributed by atoms with Gasteiger partial charge in [-0.1, -0.05) is 24.3 Å². The van der Waals surface area contributed by atoms with Gasteiger partial charge in [0.15, 0.2) is 0 Å². The number of nitrogens with zero attached hydrogens (tertiary/aromatic N) is 3. The van der Waals surface area contributed by atoms with Crippen molar-refractivity contribution in [2.75, 3.05) is 32.1 Å². The molecule has 1 fully saturated rings. The predicted molar refractivity (Wildman–Crippen MR) is 135 cm³/mol. The number of carbonyl (C=O) groups excluding carboxylic acids is 1. The summed E-state index contributed by atoms with van der Waals surface area (Å²) >= 11 is 0. The maximum Gasteiger partial charge on any atom is 0.407 e. The second-order valence-corrected chi connectivity index (χ2v) is 8.83. The summed E-state index contributed by atoms with van der Waals surface area (Å²) in [6.07, 6.45) is 0.843. The minimum atomic E-state index is -0.864.